The number of rotatable bonds is 6. The molecule has 2 rings (SSSR count). The van der Waals surface area contributed by atoms with Crippen molar-refractivity contribution in [3.8, 4) is 0 Å². The Morgan fingerprint density at radius 1 is 0.696 bits per heavy atom. The number of aliphatic hydroxyl groups is 2. The zero-order valence-corrected chi connectivity index (χ0v) is 14.6. The molecule has 23 heavy (non-hydrogen) atoms. The lowest BCUT2D eigenvalue weighted by Gasteiger charge is -2.27. The van der Waals surface area contributed by atoms with Gasteiger partial charge in [-0.05, 0) is 22.3 Å². The van der Waals surface area contributed by atoms with Crippen molar-refractivity contribution in [2.75, 3.05) is 13.2 Å². The maximum atomic E-state index is 9.27. The first-order valence-corrected chi connectivity index (χ1v) is 8.32. The summed E-state index contributed by atoms with van der Waals surface area (Å²) in [6.45, 7) is 8.85. The van der Waals surface area contributed by atoms with Crippen molar-refractivity contribution in [2.45, 2.75) is 44.9 Å². The molecule has 0 fully saturated rings. The van der Waals surface area contributed by atoms with Gasteiger partial charge in [-0.3, -0.25) is 0 Å². The van der Waals surface area contributed by atoms with E-state index in [9.17, 15) is 10.2 Å². The number of benzene rings is 2. The van der Waals surface area contributed by atoms with Gasteiger partial charge in [0.1, 0.15) is 0 Å². The lowest BCUT2D eigenvalue weighted by Crippen LogP contribution is -2.19. The van der Waals surface area contributed by atoms with Crippen molar-refractivity contribution in [3.63, 3.8) is 0 Å². The molecule has 0 aliphatic heterocycles. The summed E-state index contributed by atoms with van der Waals surface area (Å²) in [4.78, 5) is 0. The van der Waals surface area contributed by atoms with E-state index < -0.39 is 0 Å². The first-order chi connectivity index (χ1) is 10.9. The van der Waals surface area contributed by atoms with Crippen LogP contribution in [-0.4, -0.2) is 23.4 Å². The van der Waals surface area contributed by atoms with Gasteiger partial charge in [0.05, 0.1) is 0 Å². The summed E-state index contributed by atoms with van der Waals surface area (Å²) in [6, 6.07) is 17.1. The summed E-state index contributed by atoms with van der Waals surface area (Å²) < 4.78 is 0. The molecule has 0 aliphatic rings. The van der Waals surface area contributed by atoms with Crippen LogP contribution in [0.4, 0.5) is 0 Å². The molecule has 0 saturated heterocycles. The fraction of sp³-hybridized carbons (Fsp3) is 0.429. The van der Waals surface area contributed by atoms with Crippen molar-refractivity contribution in [3.05, 3.63) is 70.8 Å². The van der Waals surface area contributed by atoms with E-state index in [2.05, 4.69) is 62.4 Å². The van der Waals surface area contributed by atoms with Gasteiger partial charge in [0, 0.05) is 30.5 Å². The normalized spacial score (nSPS) is 14.5. The smallest absolute Gasteiger partial charge is 0.0497 e. The number of hydrogen-bond acceptors (Lipinski definition) is 2. The standard InChI is InChI=1S/C21H28O2/c1-15(13-22)17-5-9-19(10-6-17)21(3,4)20-11-7-18(8-12-20)16(2)14-23/h5-12,15-16,22-23H,13-14H2,1-4H3. The maximum Gasteiger partial charge on any atom is 0.0497 e. The van der Waals surface area contributed by atoms with Gasteiger partial charge in [-0.15, -0.1) is 0 Å². The fourth-order valence-corrected chi connectivity index (χ4v) is 2.83. The van der Waals surface area contributed by atoms with Crippen LogP contribution in [0.1, 0.15) is 61.8 Å². The summed E-state index contributed by atoms with van der Waals surface area (Å²) in [5, 5.41) is 18.5. The summed E-state index contributed by atoms with van der Waals surface area (Å²) in [7, 11) is 0. The van der Waals surface area contributed by atoms with Crippen molar-refractivity contribution >= 4 is 0 Å². The highest BCUT2D eigenvalue weighted by Gasteiger charge is 2.23. The van der Waals surface area contributed by atoms with Crippen LogP contribution in [0, 0.1) is 0 Å². The van der Waals surface area contributed by atoms with Crippen LogP contribution in [0.25, 0.3) is 0 Å². The second-order valence-electron chi connectivity index (χ2n) is 7.04. The highest BCUT2D eigenvalue weighted by atomic mass is 16.3. The molecule has 2 N–H and O–H groups in total. The lowest BCUT2D eigenvalue weighted by molar-refractivity contribution is 0.273. The minimum atomic E-state index is -0.0814. The van der Waals surface area contributed by atoms with Crippen molar-refractivity contribution in [2.24, 2.45) is 0 Å². The SMILES string of the molecule is CC(CO)c1ccc(C(C)(C)c2ccc(C(C)CO)cc2)cc1. The third-order valence-electron chi connectivity index (χ3n) is 4.95. The Bertz CT molecular complexity index is 556. The zero-order valence-electron chi connectivity index (χ0n) is 14.6. The summed E-state index contributed by atoms with van der Waals surface area (Å²) in [5.41, 5.74) is 4.77. The van der Waals surface area contributed by atoms with E-state index in [0.717, 1.165) is 0 Å². The molecule has 2 heteroatoms. The summed E-state index contributed by atoms with van der Waals surface area (Å²) >= 11 is 0. The van der Waals surface area contributed by atoms with Gasteiger partial charge in [-0.25, -0.2) is 0 Å². The van der Waals surface area contributed by atoms with Crippen molar-refractivity contribution in [1.82, 2.24) is 0 Å². The monoisotopic (exact) mass is 312 g/mol. The van der Waals surface area contributed by atoms with Gasteiger partial charge in [-0.1, -0.05) is 76.2 Å². The van der Waals surface area contributed by atoms with Gasteiger partial charge in [-0.2, -0.15) is 0 Å². The molecule has 0 aromatic heterocycles. The molecule has 2 atom stereocenters. The molecule has 2 aromatic rings. The van der Waals surface area contributed by atoms with E-state index in [1.807, 2.05) is 13.8 Å². The van der Waals surface area contributed by atoms with Crippen molar-refractivity contribution in [1.29, 1.82) is 0 Å². The van der Waals surface area contributed by atoms with Gasteiger partial charge < -0.3 is 10.2 Å². The second kappa shape index (κ2) is 7.29. The molecule has 0 spiro atoms. The first-order valence-electron chi connectivity index (χ1n) is 8.32. The van der Waals surface area contributed by atoms with Crippen LogP contribution in [0.5, 0.6) is 0 Å². The quantitative estimate of drug-likeness (QED) is 0.839. The molecule has 2 aromatic carbocycles. The Balaban J connectivity index is 2.26. The molecule has 0 radical (unpaired) electrons. The Kier molecular flexibility index (Phi) is 5.61. The lowest BCUT2D eigenvalue weighted by atomic mass is 9.77. The van der Waals surface area contributed by atoms with Crippen LogP contribution >= 0.6 is 0 Å². The third kappa shape index (κ3) is 3.82. The van der Waals surface area contributed by atoms with Gasteiger partial charge in [0.25, 0.3) is 0 Å². The van der Waals surface area contributed by atoms with E-state index >= 15 is 0 Å². The molecular formula is C21H28O2. The van der Waals surface area contributed by atoms with E-state index in [4.69, 9.17) is 0 Å². The molecule has 2 unspecified atom stereocenters. The third-order valence-corrected chi connectivity index (χ3v) is 4.95. The van der Waals surface area contributed by atoms with Crippen LogP contribution in [-0.2, 0) is 5.41 Å². The topological polar surface area (TPSA) is 40.5 Å². The Labute approximate surface area is 139 Å². The van der Waals surface area contributed by atoms with Crippen LogP contribution < -0.4 is 0 Å². The minimum Gasteiger partial charge on any atom is -0.396 e. The van der Waals surface area contributed by atoms with Gasteiger partial charge >= 0.3 is 0 Å². The molecule has 0 bridgehead atoms. The highest BCUT2D eigenvalue weighted by molar-refractivity contribution is 5.40. The molecule has 0 saturated carbocycles. The highest BCUT2D eigenvalue weighted by Crippen LogP contribution is 2.33. The summed E-state index contributed by atoms with van der Waals surface area (Å²) in [6.07, 6.45) is 0. The molecule has 2 nitrogen and oxygen atoms in total. The van der Waals surface area contributed by atoms with E-state index in [1.54, 1.807) is 0 Å². The molecule has 0 aliphatic carbocycles. The second-order valence-corrected chi connectivity index (χ2v) is 7.04. The average molecular weight is 312 g/mol. The van der Waals surface area contributed by atoms with E-state index in [-0.39, 0.29) is 30.5 Å². The average Bonchev–Trinajstić information content (AvgIpc) is 2.60. The molecule has 0 amide bonds. The van der Waals surface area contributed by atoms with E-state index in [0.29, 0.717) is 0 Å². The van der Waals surface area contributed by atoms with Crippen LogP contribution in [0.15, 0.2) is 48.5 Å². The Morgan fingerprint density at radius 3 is 1.26 bits per heavy atom. The molecule has 124 valence electrons. The largest absolute Gasteiger partial charge is 0.396 e. The van der Waals surface area contributed by atoms with Crippen molar-refractivity contribution < 1.29 is 10.2 Å². The van der Waals surface area contributed by atoms with Crippen LogP contribution in [0.3, 0.4) is 0 Å². The summed E-state index contributed by atoms with van der Waals surface area (Å²) in [5.74, 6) is 0.345. The molecular weight excluding hydrogens is 284 g/mol. The van der Waals surface area contributed by atoms with E-state index in [1.165, 1.54) is 22.3 Å². The van der Waals surface area contributed by atoms with Gasteiger partial charge in [0.2, 0.25) is 0 Å². The predicted molar refractivity (Wildman–Crippen MR) is 96.0 cm³/mol. The van der Waals surface area contributed by atoms with Crippen LogP contribution in [0.2, 0.25) is 0 Å². The maximum absolute atomic E-state index is 9.27. The zero-order chi connectivity index (χ0) is 17.0. The molecule has 0 heterocycles. The van der Waals surface area contributed by atoms with Gasteiger partial charge in [0.15, 0.2) is 0 Å². The predicted octanol–water partition coefficient (Wildman–Crippen LogP) is 4.20. The number of aliphatic hydroxyl groups excluding tert-OH is 2. The minimum absolute atomic E-state index is 0.0814. The Hall–Kier alpha value is -1.64. The fourth-order valence-electron chi connectivity index (χ4n) is 2.83. The Morgan fingerprint density at radius 2 is 1.00 bits per heavy atom. The number of hydrogen-bond donors (Lipinski definition) is 2. The first kappa shape index (κ1) is 17.7.